The predicted molar refractivity (Wildman–Crippen MR) is 88.4 cm³/mol. The number of carbonyl (C=O) groups excluding carboxylic acids is 1. The Morgan fingerprint density at radius 1 is 1.27 bits per heavy atom. The van der Waals surface area contributed by atoms with Crippen molar-refractivity contribution in [1.29, 1.82) is 0 Å². The number of amides is 1. The first-order valence-electron chi connectivity index (χ1n) is 6.71. The third-order valence-corrected chi connectivity index (χ3v) is 4.92. The van der Waals surface area contributed by atoms with E-state index in [1.807, 2.05) is 37.2 Å². The van der Waals surface area contributed by atoms with Crippen molar-refractivity contribution >= 4 is 27.5 Å². The van der Waals surface area contributed by atoms with Gasteiger partial charge in [0, 0.05) is 18.6 Å². The first-order valence-corrected chi connectivity index (χ1v) is 8.94. The van der Waals surface area contributed by atoms with Crippen LogP contribution in [0.15, 0.2) is 24.3 Å². The molecule has 1 atom stereocenters. The molecule has 0 unspecified atom stereocenters. The Morgan fingerprint density at radius 3 is 2.36 bits per heavy atom. The normalized spacial score (nSPS) is 13.4. The molecule has 0 aliphatic heterocycles. The Labute approximate surface area is 137 Å². The summed E-state index contributed by atoms with van der Waals surface area (Å²) in [5, 5.41) is 3.38. The number of benzene rings is 1. The average molecular weight is 348 g/mol. The molecule has 124 valence electrons. The molecule has 0 aliphatic rings. The Bertz CT molecular complexity index is 620. The van der Waals surface area contributed by atoms with Crippen LogP contribution in [-0.2, 0) is 14.8 Å². The van der Waals surface area contributed by atoms with Gasteiger partial charge < -0.3 is 10.2 Å². The molecule has 1 aromatic rings. The fourth-order valence-corrected chi connectivity index (χ4v) is 2.52. The zero-order chi connectivity index (χ0) is 16.9. The number of hydrogen-bond acceptors (Lipinski definition) is 4. The summed E-state index contributed by atoms with van der Waals surface area (Å²) in [6.45, 7) is 0.134. The first kappa shape index (κ1) is 18.9. The van der Waals surface area contributed by atoms with Gasteiger partial charge in [-0.25, -0.2) is 8.42 Å². The van der Waals surface area contributed by atoms with Crippen LogP contribution in [0.25, 0.3) is 0 Å². The molecular formula is C14H22ClN3O3S. The molecule has 1 N–H and O–H groups in total. The maximum Gasteiger partial charge on any atom is 0.235 e. The molecule has 0 aromatic heterocycles. The zero-order valence-corrected chi connectivity index (χ0v) is 14.8. The molecule has 0 fully saturated rings. The number of hydrogen-bond donors (Lipinski definition) is 1. The third-order valence-electron chi connectivity index (χ3n) is 3.31. The van der Waals surface area contributed by atoms with Crippen LogP contribution in [0.1, 0.15) is 11.6 Å². The van der Waals surface area contributed by atoms with E-state index in [2.05, 4.69) is 5.32 Å². The van der Waals surface area contributed by atoms with Gasteiger partial charge >= 0.3 is 0 Å². The van der Waals surface area contributed by atoms with Crippen LogP contribution in [0.4, 0.5) is 0 Å². The van der Waals surface area contributed by atoms with Crippen molar-refractivity contribution in [1.82, 2.24) is 14.5 Å². The third kappa shape index (κ3) is 5.57. The lowest BCUT2D eigenvalue weighted by atomic mass is 10.1. The predicted octanol–water partition coefficient (Wildman–Crippen LogP) is 0.950. The molecule has 22 heavy (non-hydrogen) atoms. The molecule has 1 rings (SSSR count). The second kappa shape index (κ2) is 7.92. The lowest BCUT2D eigenvalue weighted by molar-refractivity contribution is -0.121. The molecule has 0 saturated heterocycles. The van der Waals surface area contributed by atoms with Gasteiger partial charge in [-0.3, -0.25) is 4.79 Å². The molecule has 0 aliphatic carbocycles. The van der Waals surface area contributed by atoms with Gasteiger partial charge in [-0.15, -0.1) is 0 Å². The molecule has 1 aromatic carbocycles. The Kier molecular flexibility index (Phi) is 6.80. The van der Waals surface area contributed by atoms with Crippen LogP contribution < -0.4 is 5.32 Å². The molecule has 1 amide bonds. The van der Waals surface area contributed by atoms with Crippen LogP contribution in [0, 0.1) is 0 Å². The number of nitrogens with zero attached hydrogens (tertiary/aromatic N) is 2. The van der Waals surface area contributed by atoms with Gasteiger partial charge in [0.1, 0.15) is 0 Å². The molecule has 8 heteroatoms. The van der Waals surface area contributed by atoms with Gasteiger partial charge in [0.25, 0.3) is 0 Å². The minimum absolute atomic E-state index is 0.0961. The lowest BCUT2D eigenvalue weighted by Crippen LogP contribution is -2.41. The maximum absolute atomic E-state index is 11.9. The molecule has 0 bridgehead atoms. The molecule has 0 radical (unpaired) electrons. The lowest BCUT2D eigenvalue weighted by Gasteiger charge is -2.26. The van der Waals surface area contributed by atoms with E-state index in [4.69, 9.17) is 11.6 Å². The summed E-state index contributed by atoms with van der Waals surface area (Å²) < 4.78 is 23.6. The Hall–Kier alpha value is -1.15. The van der Waals surface area contributed by atoms with Gasteiger partial charge in [-0.2, -0.15) is 4.31 Å². The van der Waals surface area contributed by atoms with Gasteiger partial charge in [0.2, 0.25) is 15.9 Å². The number of likely N-dealkylation sites (N-methyl/N-ethyl adjacent to an activating group) is 2. The Morgan fingerprint density at radius 2 is 1.86 bits per heavy atom. The van der Waals surface area contributed by atoms with E-state index in [9.17, 15) is 13.2 Å². The van der Waals surface area contributed by atoms with Gasteiger partial charge in [-0.1, -0.05) is 29.8 Å². The van der Waals surface area contributed by atoms with Crippen LogP contribution in [-0.4, -0.2) is 64.0 Å². The fourth-order valence-electron chi connectivity index (χ4n) is 1.90. The summed E-state index contributed by atoms with van der Waals surface area (Å²) in [6.07, 6.45) is 1.06. The molecule has 0 spiro atoms. The summed E-state index contributed by atoms with van der Waals surface area (Å²) in [6, 6.07) is 7.34. The second-order valence-corrected chi connectivity index (χ2v) is 7.82. The van der Waals surface area contributed by atoms with Crippen molar-refractivity contribution in [3.05, 3.63) is 34.9 Å². The van der Waals surface area contributed by atoms with Gasteiger partial charge in [0.15, 0.2) is 0 Å². The number of nitrogens with one attached hydrogen (secondary N) is 1. The monoisotopic (exact) mass is 347 g/mol. The maximum atomic E-state index is 11.9. The Balaban J connectivity index is 2.71. The van der Waals surface area contributed by atoms with Crippen LogP contribution in [0.3, 0.4) is 0 Å². The van der Waals surface area contributed by atoms with Gasteiger partial charge in [-0.05, 0) is 25.7 Å². The number of carbonyl (C=O) groups is 1. The van der Waals surface area contributed by atoms with Crippen LogP contribution >= 0.6 is 11.6 Å². The highest BCUT2D eigenvalue weighted by Crippen LogP contribution is 2.25. The fraction of sp³-hybridized carbons (Fsp3) is 0.500. The molecule has 6 nitrogen and oxygen atoms in total. The van der Waals surface area contributed by atoms with Crippen molar-refractivity contribution in [3.63, 3.8) is 0 Å². The van der Waals surface area contributed by atoms with Crippen LogP contribution in [0.2, 0.25) is 5.02 Å². The highest BCUT2D eigenvalue weighted by atomic mass is 35.5. The second-order valence-electron chi connectivity index (χ2n) is 5.32. The summed E-state index contributed by atoms with van der Waals surface area (Å²) in [4.78, 5) is 13.8. The van der Waals surface area contributed by atoms with E-state index in [0.29, 0.717) is 11.6 Å². The van der Waals surface area contributed by atoms with Crippen molar-refractivity contribution in [2.24, 2.45) is 0 Å². The van der Waals surface area contributed by atoms with E-state index < -0.39 is 10.0 Å². The highest BCUT2D eigenvalue weighted by molar-refractivity contribution is 7.88. The summed E-state index contributed by atoms with van der Waals surface area (Å²) in [7, 11) is 1.78. The van der Waals surface area contributed by atoms with E-state index in [0.717, 1.165) is 16.1 Å². The number of halogens is 1. The van der Waals surface area contributed by atoms with E-state index >= 15 is 0 Å². The van der Waals surface area contributed by atoms with E-state index in [1.165, 1.54) is 7.05 Å². The molecular weight excluding hydrogens is 326 g/mol. The van der Waals surface area contributed by atoms with Crippen molar-refractivity contribution in [3.8, 4) is 0 Å². The standard InChI is InChI=1S/C14H22ClN3O3S/c1-17(2)13(11-7-5-6-8-12(11)15)9-16-14(19)10-18(3)22(4,20)21/h5-8,13H,9-10H2,1-4H3,(H,16,19)/t13-/m0/s1. The highest BCUT2D eigenvalue weighted by Gasteiger charge is 2.19. The topological polar surface area (TPSA) is 69.7 Å². The minimum Gasteiger partial charge on any atom is -0.353 e. The summed E-state index contributed by atoms with van der Waals surface area (Å²) in [5.74, 6) is -0.355. The number of rotatable bonds is 7. The summed E-state index contributed by atoms with van der Waals surface area (Å²) in [5.41, 5.74) is 0.908. The quantitative estimate of drug-likeness (QED) is 0.797. The number of sulfonamides is 1. The van der Waals surface area contributed by atoms with E-state index in [1.54, 1.807) is 6.07 Å². The minimum atomic E-state index is -3.37. The van der Waals surface area contributed by atoms with Crippen LogP contribution in [0.5, 0.6) is 0 Å². The van der Waals surface area contributed by atoms with Crippen molar-refractivity contribution in [2.75, 3.05) is 40.5 Å². The van der Waals surface area contributed by atoms with Crippen molar-refractivity contribution in [2.45, 2.75) is 6.04 Å². The zero-order valence-electron chi connectivity index (χ0n) is 13.2. The summed E-state index contributed by atoms with van der Waals surface area (Å²) >= 11 is 6.20. The molecule has 0 heterocycles. The van der Waals surface area contributed by atoms with E-state index in [-0.39, 0.29) is 18.5 Å². The SMILES string of the molecule is CN(C)[C@@H](CNC(=O)CN(C)S(C)(=O)=O)c1ccccc1Cl. The van der Waals surface area contributed by atoms with Gasteiger partial charge in [0.05, 0.1) is 18.8 Å². The average Bonchev–Trinajstić information content (AvgIpc) is 2.39. The smallest absolute Gasteiger partial charge is 0.235 e. The largest absolute Gasteiger partial charge is 0.353 e. The van der Waals surface area contributed by atoms with Crippen molar-refractivity contribution < 1.29 is 13.2 Å². The first-order chi connectivity index (χ1) is 10.1. The molecule has 0 saturated carbocycles.